The third-order valence-corrected chi connectivity index (χ3v) is 5.11. The number of hydrogen-bond acceptors (Lipinski definition) is 7. The van der Waals surface area contributed by atoms with Gasteiger partial charge < -0.3 is 9.73 Å². The Bertz CT molecular complexity index is 865. The van der Waals surface area contributed by atoms with Crippen molar-refractivity contribution in [3.05, 3.63) is 53.4 Å². The van der Waals surface area contributed by atoms with Crippen LogP contribution >= 0.6 is 23.1 Å². The quantitative estimate of drug-likeness (QED) is 0.629. The second-order valence-corrected chi connectivity index (χ2v) is 7.51. The highest BCUT2D eigenvalue weighted by Crippen LogP contribution is 2.28. The van der Waals surface area contributed by atoms with Gasteiger partial charge in [0, 0.05) is 6.54 Å². The Kier molecular flexibility index (Phi) is 6.03. The number of thioether (sulfide) groups is 1. The van der Waals surface area contributed by atoms with Gasteiger partial charge in [0.25, 0.3) is 11.1 Å². The zero-order valence-corrected chi connectivity index (χ0v) is 15.5. The summed E-state index contributed by atoms with van der Waals surface area (Å²) < 4.78 is 5.53. The van der Waals surface area contributed by atoms with Crippen molar-refractivity contribution in [3.63, 3.8) is 0 Å². The first kappa shape index (κ1) is 18.2. The molecule has 26 heavy (non-hydrogen) atoms. The molecule has 0 radical (unpaired) electrons. The number of nitrogens with one attached hydrogen (secondary N) is 2. The first-order valence-corrected chi connectivity index (χ1v) is 9.54. The Balaban J connectivity index is 1.47. The van der Waals surface area contributed by atoms with Gasteiger partial charge in [-0.3, -0.25) is 10.1 Å². The molecule has 134 valence electrons. The minimum Gasteiger partial charge on any atom is -0.410 e. The topological polar surface area (TPSA) is 97.1 Å². The Labute approximate surface area is 158 Å². The van der Waals surface area contributed by atoms with Crippen molar-refractivity contribution in [1.82, 2.24) is 20.8 Å². The van der Waals surface area contributed by atoms with E-state index < -0.39 is 17.2 Å². The molecule has 9 heteroatoms. The van der Waals surface area contributed by atoms with Gasteiger partial charge in [0.1, 0.15) is 0 Å². The first-order valence-electron chi connectivity index (χ1n) is 7.78. The Morgan fingerprint density at radius 3 is 2.73 bits per heavy atom. The van der Waals surface area contributed by atoms with Gasteiger partial charge in [0.05, 0.1) is 10.1 Å². The van der Waals surface area contributed by atoms with Gasteiger partial charge in [-0.05, 0) is 23.9 Å². The third kappa shape index (κ3) is 4.93. The number of benzene rings is 1. The van der Waals surface area contributed by atoms with Crippen LogP contribution < -0.4 is 10.6 Å². The molecule has 0 aliphatic rings. The van der Waals surface area contributed by atoms with Crippen molar-refractivity contribution < 1.29 is 14.0 Å². The summed E-state index contributed by atoms with van der Waals surface area (Å²) in [5.74, 6) is -0.0212. The molecule has 1 aromatic carbocycles. The molecular weight excluding hydrogens is 372 g/mol. The summed E-state index contributed by atoms with van der Waals surface area (Å²) in [7, 11) is 0. The summed E-state index contributed by atoms with van der Waals surface area (Å²) in [5.41, 5.74) is 0.949. The van der Waals surface area contributed by atoms with Crippen LogP contribution in [0.5, 0.6) is 0 Å². The average Bonchev–Trinajstić information content (AvgIpc) is 3.32. The number of rotatable bonds is 6. The molecule has 0 unspecified atom stereocenters. The molecule has 3 rings (SSSR count). The summed E-state index contributed by atoms with van der Waals surface area (Å²) in [4.78, 5) is 24.8. The molecule has 0 bridgehead atoms. The highest BCUT2D eigenvalue weighted by Gasteiger charge is 2.20. The second kappa shape index (κ2) is 8.63. The predicted octanol–water partition coefficient (Wildman–Crippen LogP) is 3.30. The van der Waals surface area contributed by atoms with Crippen LogP contribution in [0, 0.1) is 0 Å². The number of thiophene rings is 1. The van der Waals surface area contributed by atoms with Crippen LogP contribution in [0.4, 0.5) is 4.79 Å². The molecule has 0 saturated carbocycles. The van der Waals surface area contributed by atoms with Gasteiger partial charge in [0.2, 0.25) is 5.91 Å². The smallest absolute Gasteiger partial charge is 0.321 e. The molecule has 2 aromatic heterocycles. The number of aromatic nitrogens is 2. The lowest BCUT2D eigenvalue weighted by atomic mass is 10.2. The van der Waals surface area contributed by atoms with Gasteiger partial charge in [-0.15, -0.1) is 21.5 Å². The van der Waals surface area contributed by atoms with Gasteiger partial charge in [-0.2, -0.15) is 0 Å². The lowest BCUT2D eigenvalue weighted by Gasteiger charge is -2.10. The van der Waals surface area contributed by atoms with E-state index in [0.29, 0.717) is 12.4 Å². The van der Waals surface area contributed by atoms with E-state index in [4.69, 9.17) is 4.42 Å². The lowest BCUT2D eigenvalue weighted by molar-refractivity contribution is -0.119. The van der Waals surface area contributed by atoms with Crippen molar-refractivity contribution in [2.24, 2.45) is 0 Å². The number of imide groups is 1. The van der Waals surface area contributed by atoms with Crippen LogP contribution in [-0.4, -0.2) is 27.4 Å². The molecule has 0 spiro atoms. The first-order chi connectivity index (χ1) is 12.6. The van der Waals surface area contributed by atoms with E-state index in [2.05, 4.69) is 20.8 Å². The monoisotopic (exact) mass is 388 g/mol. The van der Waals surface area contributed by atoms with Crippen molar-refractivity contribution in [2.45, 2.75) is 23.9 Å². The highest BCUT2D eigenvalue weighted by atomic mass is 32.2. The normalized spacial score (nSPS) is 11.7. The summed E-state index contributed by atoms with van der Waals surface area (Å²) in [6.07, 6.45) is 0. The SMILES string of the molecule is C[C@@H](Sc1nnc(-c2cccs2)o1)C(=O)NC(=O)NCc1ccccc1. The number of urea groups is 1. The number of carbonyl (C=O) groups is 2. The van der Waals surface area contributed by atoms with E-state index >= 15 is 0 Å². The maximum atomic E-state index is 12.1. The largest absolute Gasteiger partial charge is 0.410 e. The molecule has 0 aliphatic heterocycles. The van der Waals surface area contributed by atoms with E-state index in [-0.39, 0.29) is 5.22 Å². The van der Waals surface area contributed by atoms with Crippen LogP contribution in [-0.2, 0) is 11.3 Å². The van der Waals surface area contributed by atoms with Crippen LogP contribution in [0.1, 0.15) is 12.5 Å². The molecule has 1 atom stereocenters. The summed E-state index contributed by atoms with van der Waals surface area (Å²) in [6.45, 7) is 2.01. The van der Waals surface area contributed by atoms with Gasteiger partial charge >= 0.3 is 6.03 Å². The molecule has 3 aromatic rings. The Hall–Kier alpha value is -2.65. The van der Waals surface area contributed by atoms with Crippen molar-refractivity contribution >= 4 is 35.0 Å². The van der Waals surface area contributed by atoms with Crippen molar-refractivity contribution in [3.8, 4) is 10.8 Å². The highest BCUT2D eigenvalue weighted by molar-refractivity contribution is 8.00. The second-order valence-electron chi connectivity index (χ2n) is 5.27. The predicted molar refractivity (Wildman–Crippen MR) is 99.8 cm³/mol. The third-order valence-electron chi connectivity index (χ3n) is 3.32. The lowest BCUT2D eigenvalue weighted by Crippen LogP contribution is -2.42. The van der Waals surface area contributed by atoms with E-state index in [1.54, 1.807) is 6.92 Å². The Morgan fingerprint density at radius 1 is 1.19 bits per heavy atom. The van der Waals surface area contributed by atoms with Gasteiger partial charge in [0.15, 0.2) is 0 Å². The summed E-state index contributed by atoms with van der Waals surface area (Å²) >= 11 is 2.59. The van der Waals surface area contributed by atoms with E-state index in [9.17, 15) is 9.59 Å². The van der Waals surface area contributed by atoms with Crippen LogP contribution in [0.25, 0.3) is 10.8 Å². The molecule has 2 heterocycles. The average molecular weight is 388 g/mol. The standard InChI is InChI=1S/C17H16N4O3S2/c1-11(26-17-21-20-15(24-17)13-8-5-9-25-13)14(22)19-16(23)18-10-12-6-3-2-4-7-12/h2-9,11H,10H2,1H3,(H2,18,19,22,23)/t11-/m1/s1. The summed E-state index contributed by atoms with van der Waals surface area (Å²) in [5, 5.41) is 14.5. The minimum absolute atomic E-state index is 0.278. The van der Waals surface area contributed by atoms with E-state index in [1.807, 2.05) is 47.8 Å². The van der Waals surface area contributed by atoms with Gasteiger partial charge in [-0.1, -0.05) is 48.2 Å². The van der Waals surface area contributed by atoms with Crippen molar-refractivity contribution in [2.75, 3.05) is 0 Å². The summed E-state index contributed by atoms with van der Waals surface area (Å²) in [6, 6.07) is 12.7. The van der Waals surface area contributed by atoms with Crippen LogP contribution in [0.15, 0.2) is 57.5 Å². The van der Waals surface area contributed by atoms with E-state index in [0.717, 1.165) is 22.2 Å². The zero-order valence-electron chi connectivity index (χ0n) is 13.8. The number of carbonyl (C=O) groups excluding carboxylic acids is 2. The fourth-order valence-electron chi connectivity index (χ4n) is 2.00. The fourth-order valence-corrected chi connectivity index (χ4v) is 3.33. The molecule has 3 amide bonds. The van der Waals surface area contributed by atoms with Crippen molar-refractivity contribution in [1.29, 1.82) is 0 Å². The van der Waals surface area contributed by atoms with E-state index in [1.165, 1.54) is 11.3 Å². The van der Waals surface area contributed by atoms with Crippen LogP contribution in [0.3, 0.4) is 0 Å². The number of nitrogens with zero attached hydrogens (tertiary/aromatic N) is 2. The zero-order chi connectivity index (χ0) is 18.4. The molecular formula is C17H16N4O3S2. The van der Waals surface area contributed by atoms with Gasteiger partial charge in [-0.25, -0.2) is 4.79 Å². The molecule has 7 nitrogen and oxygen atoms in total. The number of amides is 3. The Morgan fingerprint density at radius 2 is 2.00 bits per heavy atom. The minimum atomic E-state index is -0.561. The maximum absolute atomic E-state index is 12.1. The maximum Gasteiger partial charge on any atom is 0.321 e. The van der Waals surface area contributed by atoms with Crippen LogP contribution in [0.2, 0.25) is 0 Å². The molecule has 2 N–H and O–H groups in total. The fraction of sp³-hybridized carbons (Fsp3) is 0.176. The molecule has 0 fully saturated rings. The molecule has 0 aliphatic carbocycles. The number of hydrogen-bond donors (Lipinski definition) is 2. The molecule has 0 saturated heterocycles.